The molecule has 4 heterocycles. The number of hydrogen-bond acceptors (Lipinski definition) is 12. The molecule has 3 aromatic rings. The number of methoxy groups -OCH3 is 1. The molecule has 42 heavy (non-hydrogen) atoms. The highest BCUT2D eigenvalue weighted by Gasteiger charge is 2.32. The van der Waals surface area contributed by atoms with Gasteiger partial charge in [0.05, 0.1) is 45.0 Å². The van der Waals surface area contributed by atoms with Crippen LogP contribution in [0.3, 0.4) is 0 Å². The van der Waals surface area contributed by atoms with E-state index in [9.17, 15) is 4.79 Å². The van der Waals surface area contributed by atoms with Gasteiger partial charge in [0, 0.05) is 26.2 Å². The van der Waals surface area contributed by atoms with Crippen LogP contribution in [0.5, 0.6) is 17.5 Å². The Morgan fingerprint density at radius 1 is 0.905 bits per heavy atom. The van der Waals surface area contributed by atoms with Gasteiger partial charge in [0.2, 0.25) is 11.9 Å². The van der Waals surface area contributed by atoms with E-state index in [0.29, 0.717) is 91.8 Å². The molecule has 0 aliphatic carbocycles. The summed E-state index contributed by atoms with van der Waals surface area (Å²) < 4.78 is 23.4. The van der Waals surface area contributed by atoms with Crippen LogP contribution in [0.2, 0.25) is 0 Å². The summed E-state index contributed by atoms with van der Waals surface area (Å²) in [6.45, 7) is 5.59. The molecule has 1 aromatic heterocycles. The van der Waals surface area contributed by atoms with Crippen LogP contribution in [0.25, 0.3) is 6.08 Å². The number of amides is 1. The summed E-state index contributed by atoms with van der Waals surface area (Å²) in [6.07, 6.45) is 1.81. The van der Waals surface area contributed by atoms with Gasteiger partial charge in [-0.25, -0.2) is 0 Å². The predicted molar refractivity (Wildman–Crippen MR) is 164 cm³/mol. The lowest BCUT2D eigenvalue weighted by Crippen LogP contribution is -2.40. The Hall–Kier alpha value is -3.78. The summed E-state index contributed by atoms with van der Waals surface area (Å²) in [4.78, 5) is 33.4. The number of anilines is 2. The molecule has 0 spiro atoms. The first kappa shape index (κ1) is 28.3. The second-order valence-electron chi connectivity index (χ2n) is 9.68. The van der Waals surface area contributed by atoms with E-state index < -0.39 is 0 Å². The summed E-state index contributed by atoms with van der Waals surface area (Å²) in [5, 5.41) is 0. The van der Waals surface area contributed by atoms with E-state index >= 15 is 0 Å². The highest BCUT2D eigenvalue weighted by atomic mass is 32.2. The monoisotopic (exact) mass is 606 g/mol. The molecule has 218 valence electrons. The summed E-state index contributed by atoms with van der Waals surface area (Å²) >= 11 is 6.80. The molecule has 0 bridgehead atoms. The van der Waals surface area contributed by atoms with Crippen molar-refractivity contribution in [2.45, 2.75) is 6.54 Å². The maximum atomic E-state index is 13.2. The van der Waals surface area contributed by atoms with Crippen LogP contribution in [0.15, 0.2) is 53.4 Å². The van der Waals surface area contributed by atoms with E-state index in [4.69, 9.17) is 36.1 Å². The molecule has 6 rings (SSSR count). The Morgan fingerprint density at radius 3 is 2.17 bits per heavy atom. The van der Waals surface area contributed by atoms with Gasteiger partial charge in [-0.05, 0) is 29.3 Å². The Labute approximate surface area is 253 Å². The van der Waals surface area contributed by atoms with Gasteiger partial charge >= 0.3 is 6.01 Å². The van der Waals surface area contributed by atoms with Crippen LogP contribution >= 0.6 is 24.0 Å². The third-order valence-electron chi connectivity index (χ3n) is 6.92. The van der Waals surface area contributed by atoms with E-state index in [1.54, 1.807) is 18.1 Å². The fourth-order valence-corrected chi connectivity index (χ4v) is 5.96. The van der Waals surface area contributed by atoms with Crippen molar-refractivity contribution < 1.29 is 23.7 Å². The molecule has 1 amide bonds. The van der Waals surface area contributed by atoms with E-state index in [1.165, 1.54) is 11.8 Å². The maximum absolute atomic E-state index is 13.2. The van der Waals surface area contributed by atoms with Crippen LogP contribution in [0.4, 0.5) is 11.9 Å². The van der Waals surface area contributed by atoms with Crippen molar-refractivity contribution in [3.8, 4) is 17.5 Å². The Bertz CT molecular complexity index is 1440. The molecular formula is C29H30N6O5S2. The minimum Gasteiger partial charge on any atom is -0.493 e. The molecule has 3 fully saturated rings. The topological polar surface area (TPSA) is 102 Å². The van der Waals surface area contributed by atoms with Gasteiger partial charge < -0.3 is 28.7 Å². The average molecular weight is 607 g/mol. The summed E-state index contributed by atoms with van der Waals surface area (Å²) in [5.74, 6) is 1.88. The number of benzene rings is 2. The van der Waals surface area contributed by atoms with Crippen molar-refractivity contribution in [1.82, 2.24) is 19.9 Å². The van der Waals surface area contributed by atoms with Crippen LogP contribution in [0, 0.1) is 0 Å². The molecule has 0 atom stereocenters. The highest BCUT2D eigenvalue weighted by Crippen LogP contribution is 2.36. The number of thioether (sulfide) groups is 1. The van der Waals surface area contributed by atoms with E-state index in [1.807, 2.05) is 48.5 Å². The molecule has 3 aliphatic rings. The molecule has 0 unspecified atom stereocenters. The minimum atomic E-state index is -0.121. The third kappa shape index (κ3) is 6.49. The summed E-state index contributed by atoms with van der Waals surface area (Å²) in [7, 11) is 1.57. The first-order valence-corrected chi connectivity index (χ1v) is 14.9. The number of ether oxygens (including phenoxy) is 4. The Balaban J connectivity index is 1.23. The normalized spacial score (nSPS) is 18.6. The number of morpholine rings is 2. The Morgan fingerprint density at radius 2 is 1.55 bits per heavy atom. The number of rotatable bonds is 8. The lowest BCUT2D eigenvalue weighted by molar-refractivity contribution is -0.122. The molecule has 3 aliphatic heterocycles. The van der Waals surface area contributed by atoms with Crippen molar-refractivity contribution in [2.24, 2.45) is 0 Å². The second kappa shape index (κ2) is 13.0. The largest absolute Gasteiger partial charge is 0.493 e. The van der Waals surface area contributed by atoms with Crippen LogP contribution in [0.1, 0.15) is 11.1 Å². The smallest absolute Gasteiger partial charge is 0.328 e. The van der Waals surface area contributed by atoms with Crippen molar-refractivity contribution in [3.63, 3.8) is 0 Å². The first-order valence-electron chi connectivity index (χ1n) is 13.6. The number of carbonyl (C=O) groups excluding carboxylic acids is 1. The van der Waals surface area contributed by atoms with E-state index in [-0.39, 0.29) is 11.9 Å². The van der Waals surface area contributed by atoms with Gasteiger partial charge in [0.15, 0.2) is 11.5 Å². The van der Waals surface area contributed by atoms with Gasteiger partial charge in [-0.15, -0.1) is 0 Å². The highest BCUT2D eigenvalue weighted by molar-refractivity contribution is 8.26. The molecule has 2 aromatic carbocycles. The molecule has 3 saturated heterocycles. The lowest BCUT2D eigenvalue weighted by atomic mass is 10.1. The minimum absolute atomic E-state index is 0.121. The van der Waals surface area contributed by atoms with Crippen molar-refractivity contribution in [2.75, 3.05) is 69.5 Å². The van der Waals surface area contributed by atoms with Crippen molar-refractivity contribution in [3.05, 3.63) is 64.6 Å². The second-order valence-corrected chi connectivity index (χ2v) is 11.4. The quantitative estimate of drug-likeness (QED) is 0.276. The maximum Gasteiger partial charge on any atom is 0.328 e. The molecule has 13 heteroatoms. The standard InChI is InChI=1S/C29H30N6O5S2/c1-37-23-17-21(18-24-25(36)35(29(41)42-24)19-20-5-3-2-4-6-20)7-8-22(23)40-28-31-26(33-9-13-38-14-10-33)30-27(32-28)34-11-15-39-16-12-34/h2-8,17-18H,9-16,19H2,1H3/b24-18+. The third-order valence-corrected chi connectivity index (χ3v) is 8.30. The number of carbonyl (C=O) groups is 1. The molecule has 11 nitrogen and oxygen atoms in total. The Kier molecular flexibility index (Phi) is 8.79. The van der Waals surface area contributed by atoms with E-state index in [2.05, 4.69) is 19.8 Å². The molecular weight excluding hydrogens is 576 g/mol. The zero-order valence-corrected chi connectivity index (χ0v) is 24.7. The fraction of sp³-hybridized carbons (Fsp3) is 0.345. The average Bonchev–Trinajstić information content (AvgIpc) is 3.30. The molecule has 0 saturated carbocycles. The van der Waals surface area contributed by atoms with Gasteiger partial charge in [0.25, 0.3) is 5.91 Å². The van der Waals surface area contributed by atoms with Gasteiger partial charge in [-0.2, -0.15) is 15.0 Å². The number of nitrogens with zero attached hydrogens (tertiary/aromatic N) is 6. The predicted octanol–water partition coefficient (Wildman–Crippen LogP) is 3.75. The van der Waals surface area contributed by atoms with E-state index in [0.717, 1.165) is 11.1 Å². The van der Waals surface area contributed by atoms with Crippen molar-refractivity contribution >= 4 is 52.2 Å². The SMILES string of the molecule is COc1cc(/C=C2/SC(=S)N(Cc3ccccc3)C2=O)ccc1Oc1nc(N2CCOCC2)nc(N2CCOCC2)n1. The zero-order valence-electron chi connectivity index (χ0n) is 23.1. The van der Waals surface area contributed by atoms with Gasteiger partial charge in [-0.1, -0.05) is 60.4 Å². The number of thiocarbonyl (C=S) groups is 1. The van der Waals surface area contributed by atoms with Crippen LogP contribution < -0.4 is 19.3 Å². The van der Waals surface area contributed by atoms with Gasteiger partial charge in [-0.3, -0.25) is 9.69 Å². The molecule has 0 radical (unpaired) electrons. The first-order chi connectivity index (χ1) is 20.6. The van der Waals surface area contributed by atoms with Crippen molar-refractivity contribution in [1.29, 1.82) is 0 Å². The zero-order chi connectivity index (χ0) is 28.9. The van der Waals surface area contributed by atoms with Gasteiger partial charge in [0.1, 0.15) is 4.32 Å². The fourth-order valence-electron chi connectivity index (χ4n) is 4.70. The molecule has 0 N–H and O–H groups in total. The number of aromatic nitrogens is 3. The lowest BCUT2D eigenvalue weighted by Gasteiger charge is -2.30. The summed E-state index contributed by atoms with van der Waals surface area (Å²) in [5.41, 5.74) is 1.79. The number of hydrogen-bond donors (Lipinski definition) is 0. The van der Waals surface area contributed by atoms with Crippen LogP contribution in [-0.2, 0) is 20.8 Å². The summed E-state index contributed by atoms with van der Waals surface area (Å²) in [6, 6.07) is 15.4. The van der Waals surface area contributed by atoms with Crippen LogP contribution in [-0.4, -0.2) is 89.8 Å².